The molecular formula is C23H35NO8S. The SMILES string of the molecule is O=C(OCc1ccccc1)SCCC(=O)N1CCOCCOCCOCCOCCOCC1. The van der Waals surface area contributed by atoms with Gasteiger partial charge in [-0.2, -0.15) is 0 Å². The molecule has 9 nitrogen and oxygen atoms in total. The fraction of sp³-hybridized carbons (Fsp3) is 0.652. The molecule has 0 bridgehead atoms. The number of rotatable bonds is 5. The van der Waals surface area contributed by atoms with Gasteiger partial charge in [-0.15, -0.1) is 0 Å². The monoisotopic (exact) mass is 485 g/mol. The van der Waals surface area contributed by atoms with Crippen LogP contribution in [0.3, 0.4) is 0 Å². The summed E-state index contributed by atoms with van der Waals surface area (Å²) in [6.07, 6.45) is 0.233. The first-order valence-electron chi connectivity index (χ1n) is 11.3. The van der Waals surface area contributed by atoms with Gasteiger partial charge in [0.05, 0.1) is 66.1 Å². The van der Waals surface area contributed by atoms with Crippen molar-refractivity contribution in [2.45, 2.75) is 13.0 Å². The van der Waals surface area contributed by atoms with E-state index in [9.17, 15) is 9.59 Å². The minimum atomic E-state index is -0.386. The molecule has 0 N–H and O–H groups in total. The summed E-state index contributed by atoms with van der Waals surface area (Å²) in [5.74, 6) is 0.304. The minimum absolute atomic E-state index is 0.0513. The molecule has 186 valence electrons. The molecule has 0 unspecified atom stereocenters. The quantitative estimate of drug-likeness (QED) is 0.583. The average Bonchev–Trinajstić information content (AvgIpc) is 2.83. The summed E-state index contributed by atoms with van der Waals surface area (Å²) in [6, 6.07) is 9.48. The van der Waals surface area contributed by atoms with Gasteiger partial charge in [-0.1, -0.05) is 30.3 Å². The molecule has 1 amide bonds. The summed E-state index contributed by atoms with van der Waals surface area (Å²) in [5, 5.41) is -0.386. The maximum Gasteiger partial charge on any atom is 0.367 e. The fourth-order valence-electron chi connectivity index (χ4n) is 2.83. The molecule has 1 heterocycles. The van der Waals surface area contributed by atoms with Crippen LogP contribution in [0.2, 0.25) is 0 Å². The summed E-state index contributed by atoms with van der Waals surface area (Å²) >= 11 is 1.01. The molecular weight excluding hydrogens is 450 g/mol. The van der Waals surface area contributed by atoms with Crippen molar-refractivity contribution in [3.63, 3.8) is 0 Å². The molecule has 1 aliphatic rings. The highest BCUT2D eigenvalue weighted by molar-refractivity contribution is 8.13. The van der Waals surface area contributed by atoms with Crippen LogP contribution in [0, 0.1) is 0 Å². The van der Waals surface area contributed by atoms with Gasteiger partial charge in [-0.25, -0.2) is 4.79 Å². The zero-order chi connectivity index (χ0) is 23.4. The van der Waals surface area contributed by atoms with Crippen molar-refractivity contribution in [2.75, 3.05) is 84.9 Å². The third kappa shape index (κ3) is 14.2. The Bertz CT molecular complexity index is 631. The number of amides is 1. The smallest absolute Gasteiger partial charge is 0.367 e. The number of thioether (sulfide) groups is 1. The van der Waals surface area contributed by atoms with E-state index in [-0.39, 0.29) is 24.2 Å². The van der Waals surface area contributed by atoms with Crippen molar-refractivity contribution >= 4 is 23.0 Å². The highest BCUT2D eigenvalue weighted by atomic mass is 32.2. The van der Waals surface area contributed by atoms with Gasteiger partial charge in [0, 0.05) is 25.3 Å². The van der Waals surface area contributed by atoms with E-state index in [1.54, 1.807) is 4.90 Å². The van der Waals surface area contributed by atoms with Gasteiger partial charge in [0.2, 0.25) is 5.91 Å². The van der Waals surface area contributed by atoms with Crippen molar-refractivity contribution in [1.29, 1.82) is 0 Å². The second kappa shape index (κ2) is 18.7. The summed E-state index contributed by atoms with van der Waals surface area (Å²) in [5.41, 5.74) is 0.926. The van der Waals surface area contributed by atoms with Gasteiger partial charge >= 0.3 is 5.30 Å². The van der Waals surface area contributed by atoms with Crippen LogP contribution < -0.4 is 0 Å². The van der Waals surface area contributed by atoms with Gasteiger partial charge < -0.3 is 33.3 Å². The topological polar surface area (TPSA) is 92.8 Å². The van der Waals surface area contributed by atoms with Crippen LogP contribution in [0.4, 0.5) is 4.79 Å². The molecule has 10 heteroatoms. The van der Waals surface area contributed by atoms with Crippen LogP contribution in [0.15, 0.2) is 30.3 Å². The van der Waals surface area contributed by atoms with Crippen molar-refractivity contribution in [3.8, 4) is 0 Å². The normalized spacial score (nSPS) is 18.1. The maximum atomic E-state index is 12.7. The molecule has 0 atom stereocenters. The van der Waals surface area contributed by atoms with E-state index >= 15 is 0 Å². The number of nitrogens with zero attached hydrogens (tertiary/aromatic N) is 1. The molecule has 0 spiro atoms. The summed E-state index contributed by atoms with van der Waals surface area (Å²) < 4.78 is 32.7. The van der Waals surface area contributed by atoms with Gasteiger partial charge in [0.1, 0.15) is 6.61 Å². The van der Waals surface area contributed by atoms with Crippen molar-refractivity contribution < 1.29 is 38.0 Å². The van der Waals surface area contributed by atoms with Gasteiger partial charge in [-0.3, -0.25) is 4.79 Å². The predicted octanol–water partition coefficient (Wildman–Crippen LogP) is 2.37. The third-order valence-electron chi connectivity index (χ3n) is 4.59. The Labute approximate surface area is 200 Å². The zero-order valence-corrected chi connectivity index (χ0v) is 19.9. The Morgan fingerprint density at radius 1 is 0.758 bits per heavy atom. The molecule has 2 rings (SSSR count). The van der Waals surface area contributed by atoms with E-state index in [1.807, 2.05) is 30.3 Å². The number of benzene rings is 1. The minimum Gasteiger partial charge on any atom is -0.453 e. The maximum absolute atomic E-state index is 12.7. The zero-order valence-electron chi connectivity index (χ0n) is 19.1. The van der Waals surface area contributed by atoms with Crippen molar-refractivity contribution in [2.24, 2.45) is 0 Å². The highest BCUT2D eigenvalue weighted by Gasteiger charge is 2.15. The van der Waals surface area contributed by atoms with E-state index in [2.05, 4.69) is 0 Å². The van der Waals surface area contributed by atoms with E-state index in [0.717, 1.165) is 17.3 Å². The first-order chi connectivity index (χ1) is 16.3. The molecule has 1 saturated heterocycles. The second-order valence-electron chi connectivity index (χ2n) is 7.07. The number of hydrogen-bond acceptors (Lipinski definition) is 9. The lowest BCUT2D eigenvalue weighted by Gasteiger charge is -2.23. The third-order valence-corrected chi connectivity index (χ3v) is 5.35. The van der Waals surface area contributed by atoms with Crippen LogP contribution in [0.1, 0.15) is 12.0 Å². The number of hydrogen-bond donors (Lipinski definition) is 0. The Hall–Kier alpha value is -1.69. The molecule has 33 heavy (non-hydrogen) atoms. The van der Waals surface area contributed by atoms with Gasteiger partial charge in [0.15, 0.2) is 0 Å². The van der Waals surface area contributed by atoms with Crippen molar-refractivity contribution in [1.82, 2.24) is 4.90 Å². The van der Waals surface area contributed by atoms with Crippen LogP contribution in [-0.4, -0.2) is 101 Å². The average molecular weight is 486 g/mol. The highest BCUT2D eigenvalue weighted by Crippen LogP contribution is 2.11. The molecule has 0 aliphatic carbocycles. The number of carbonyl (C=O) groups is 2. The molecule has 0 radical (unpaired) electrons. The molecule has 0 aromatic heterocycles. The second-order valence-corrected chi connectivity index (χ2v) is 8.10. The summed E-state index contributed by atoms with van der Waals surface area (Å²) in [6.45, 7) is 5.80. The van der Waals surface area contributed by atoms with E-state index in [0.29, 0.717) is 84.9 Å². The van der Waals surface area contributed by atoms with Crippen LogP contribution in [0.25, 0.3) is 0 Å². The summed E-state index contributed by atoms with van der Waals surface area (Å²) in [4.78, 5) is 26.3. The first-order valence-corrected chi connectivity index (χ1v) is 12.2. The Balaban J connectivity index is 1.67. The largest absolute Gasteiger partial charge is 0.453 e. The number of carbonyl (C=O) groups excluding carboxylic acids is 2. The Morgan fingerprint density at radius 2 is 1.24 bits per heavy atom. The van der Waals surface area contributed by atoms with E-state index in [1.165, 1.54) is 0 Å². The standard InChI is InChI=1S/C23H35NO8S/c25-22(6-19-33-23(26)32-20-21-4-2-1-3-5-21)24-7-9-27-11-13-29-15-17-31-18-16-30-14-12-28-10-8-24/h1-5H,6-20H2. The predicted molar refractivity (Wildman–Crippen MR) is 124 cm³/mol. The summed E-state index contributed by atoms with van der Waals surface area (Å²) in [7, 11) is 0. The van der Waals surface area contributed by atoms with E-state index in [4.69, 9.17) is 28.4 Å². The Morgan fingerprint density at radius 3 is 1.76 bits per heavy atom. The lowest BCUT2D eigenvalue weighted by atomic mass is 10.2. The molecule has 0 saturated carbocycles. The molecule has 1 aliphatic heterocycles. The molecule has 1 aromatic carbocycles. The van der Waals surface area contributed by atoms with Crippen molar-refractivity contribution in [3.05, 3.63) is 35.9 Å². The Kier molecular flexibility index (Phi) is 15.6. The van der Waals surface area contributed by atoms with Gasteiger partial charge in [-0.05, 0) is 17.3 Å². The van der Waals surface area contributed by atoms with Crippen LogP contribution in [0.5, 0.6) is 0 Å². The first kappa shape index (κ1) is 27.6. The molecule has 1 aromatic rings. The lowest BCUT2D eigenvalue weighted by Crippen LogP contribution is -2.37. The number of ether oxygens (including phenoxy) is 6. The van der Waals surface area contributed by atoms with Crippen LogP contribution >= 0.6 is 11.8 Å². The fourth-order valence-corrected chi connectivity index (χ4v) is 3.42. The van der Waals surface area contributed by atoms with Crippen LogP contribution in [-0.2, 0) is 39.8 Å². The van der Waals surface area contributed by atoms with E-state index < -0.39 is 0 Å². The lowest BCUT2D eigenvalue weighted by molar-refractivity contribution is -0.132. The van der Waals surface area contributed by atoms with Gasteiger partial charge in [0.25, 0.3) is 0 Å². The molecule has 1 fully saturated rings.